The number of rotatable bonds is 9. The van der Waals surface area contributed by atoms with Crippen LogP contribution in [0.4, 0.5) is 0 Å². The second-order valence-corrected chi connectivity index (χ2v) is 12.6. The minimum absolute atomic E-state index is 0.165. The third-order valence-electron chi connectivity index (χ3n) is 7.56. The molecule has 44 heavy (non-hydrogen) atoms. The third-order valence-corrected chi connectivity index (χ3v) is 9.78. The second-order valence-electron chi connectivity index (χ2n) is 10.3. The van der Waals surface area contributed by atoms with E-state index < -0.39 is 5.97 Å². The Balaban J connectivity index is 1.14. The van der Waals surface area contributed by atoms with Crippen molar-refractivity contribution in [2.45, 2.75) is 23.6 Å². The number of nitrogens with zero attached hydrogens (tertiary/aromatic N) is 1. The molecule has 7 heteroatoms. The Morgan fingerprint density at radius 3 is 2.45 bits per heavy atom. The van der Waals surface area contributed by atoms with Gasteiger partial charge in [0.15, 0.2) is 22.4 Å². The number of carbonyl (C=O) groups excluding carboxylic acids is 1. The van der Waals surface area contributed by atoms with Crippen molar-refractivity contribution in [2.24, 2.45) is 0 Å². The van der Waals surface area contributed by atoms with E-state index in [2.05, 4.69) is 91.0 Å². The SMILES string of the molecule is CCOC(=O)COc1cccc2c1OCc1sc(SCc3ccccc3-c3ccccc3-c3ccc4ccccc4c3)nc1-2. The van der Waals surface area contributed by atoms with E-state index >= 15 is 0 Å². The molecular weight excluding hydrogens is 587 g/mol. The van der Waals surface area contributed by atoms with Gasteiger partial charge in [-0.2, -0.15) is 0 Å². The molecule has 0 spiro atoms. The van der Waals surface area contributed by atoms with Crippen LogP contribution in [0.1, 0.15) is 17.4 Å². The normalized spacial score (nSPS) is 11.8. The van der Waals surface area contributed by atoms with Gasteiger partial charge in [-0.1, -0.05) is 103 Å². The molecule has 0 atom stereocenters. The zero-order valence-corrected chi connectivity index (χ0v) is 25.8. The molecule has 0 saturated carbocycles. The molecule has 0 saturated heterocycles. The lowest BCUT2D eigenvalue weighted by Crippen LogP contribution is -2.15. The summed E-state index contributed by atoms with van der Waals surface area (Å²) < 4.78 is 17.8. The number of benzene rings is 5. The summed E-state index contributed by atoms with van der Waals surface area (Å²) in [4.78, 5) is 17.9. The Morgan fingerprint density at radius 2 is 1.59 bits per heavy atom. The fraction of sp³-hybridized carbons (Fsp3) is 0.135. The Labute approximate surface area is 264 Å². The van der Waals surface area contributed by atoms with E-state index in [1.807, 2.05) is 12.1 Å². The van der Waals surface area contributed by atoms with Crippen molar-refractivity contribution in [3.63, 3.8) is 0 Å². The molecule has 0 radical (unpaired) electrons. The molecule has 0 bridgehead atoms. The van der Waals surface area contributed by atoms with Gasteiger partial charge < -0.3 is 14.2 Å². The molecule has 0 aliphatic carbocycles. The molecule has 0 fully saturated rings. The van der Waals surface area contributed by atoms with Crippen LogP contribution in [0.5, 0.6) is 11.5 Å². The van der Waals surface area contributed by atoms with Crippen LogP contribution < -0.4 is 9.47 Å². The smallest absolute Gasteiger partial charge is 0.344 e. The lowest BCUT2D eigenvalue weighted by Gasteiger charge is -2.19. The van der Waals surface area contributed by atoms with Gasteiger partial charge in [0.25, 0.3) is 0 Å². The number of thiazole rings is 1. The van der Waals surface area contributed by atoms with Gasteiger partial charge in [0, 0.05) is 11.3 Å². The predicted molar refractivity (Wildman–Crippen MR) is 178 cm³/mol. The van der Waals surface area contributed by atoms with E-state index in [0.29, 0.717) is 24.7 Å². The van der Waals surface area contributed by atoms with Gasteiger partial charge in [0.1, 0.15) is 6.61 Å². The van der Waals surface area contributed by atoms with Gasteiger partial charge >= 0.3 is 5.97 Å². The first-order valence-corrected chi connectivity index (χ1v) is 16.3. The lowest BCUT2D eigenvalue weighted by atomic mass is 9.91. The third kappa shape index (κ3) is 5.68. The summed E-state index contributed by atoms with van der Waals surface area (Å²) in [5, 5.41) is 2.48. The second kappa shape index (κ2) is 12.6. The van der Waals surface area contributed by atoms with Crippen LogP contribution in [-0.2, 0) is 21.9 Å². The Kier molecular flexibility index (Phi) is 8.05. The first kappa shape index (κ1) is 28.2. The minimum atomic E-state index is -0.408. The van der Waals surface area contributed by atoms with E-state index in [1.54, 1.807) is 36.1 Å². The number of ether oxygens (including phenoxy) is 3. The van der Waals surface area contributed by atoms with Gasteiger partial charge in [-0.05, 0) is 63.7 Å². The predicted octanol–water partition coefficient (Wildman–Crippen LogP) is 9.42. The molecule has 218 valence electrons. The summed E-state index contributed by atoms with van der Waals surface area (Å²) in [6.45, 7) is 2.34. The highest BCUT2D eigenvalue weighted by molar-refractivity contribution is 8.00. The number of fused-ring (bicyclic) bond motifs is 4. The molecule has 5 aromatic carbocycles. The number of hydrogen-bond donors (Lipinski definition) is 0. The van der Waals surface area contributed by atoms with E-state index in [0.717, 1.165) is 26.2 Å². The number of esters is 1. The maximum absolute atomic E-state index is 11.8. The van der Waals surface area contributed by atoms with E-state index in [-0.39, 0.29) is 6.61 Å². The zero-order valence-electron chi connectivity index (χ0n) is 24.1. The average Bonchev–Trinajstić information content (AvgIpc) is 3.50. The molecule has 1 aliphatic heterocycles. The standard InChI is InChI=1S/C37H29NO4S2/c1-2-40-34(39)22-41-32-17-9-16-31-35-33(21-42-36(31)32)44-37(38-35)43-23-27-12-5-6-14-29(27)30-15-8-7-13-28(30)26-19-18-24-10-3-4-11-25(24)20-26/h3-20H,2,21-23H2,1H3. The first-order chi connectivity index (χ1) is 21.7. The topological polar surface area (TPSA) is 57.7 Å². The fourth-order valence-electron chi connectivity index (χ4n) is 5.52. The van der Waals surface area contributed by atoms with Crippen LogP contribution >= 0.6 is 23.1 Å². The fourth-order valence-corrected chi connectivity index (χ4v) is 7.64. The molecule has 6 aromatic rings. The van der Waals surface area contributed by atoms with Gasteiger partial charge in [0.2, 0.25) is 0 Å². The quantitative estimate of drug-likeness (QED) is 0.119. The van der Waals surface area contributed by atoms with Crippen molar-refractivity contribution < 1.29 is 19.0 Å². The van der Waals surface area contributed by atoms with E-state index in [9.17, 15) is 4.79 Å². The van der Waals surface area contributed by atoms with Crippen molar-refractivity contribution >= 4 is 39.8 Å². The number of hydrogen-bond acceptors (Lipinski definition) is 7. The van der Waals surface area contributed by atoms with Crippen LogP contribution in [0.2, 0.25) is 0 Å². The van der Waals surface area contributed by atoms with Gasteiger partial charge in [-0.15, -0.1) is 11.3 Å². The summed E-state index contributed by atoms with van der Waals surface area (Å²) in [7, 11) is 0. The van der Waals surface area contributed by atoms with Crippen molar-refractivity contribution in [2.75, 3.05) is 13.2 Å². The Bertz CT molecular complexity index is 1980. The van der Waals surface area contributed by atoms with Gasteiger partial charge in [-0.3, -0.25) is 0 Å². The molecule has 1 aromatic heterocycles. The highest BCUT2D eigenvalue weighted by atomic mass is 32.2. The summed E-state index contributed by atoms with van der Waals surface area (Å²) in [6.07, 6.45) is 0. The number of para-hydroxylation sites is 1. The summed E-state index contributed by atoms with van der Waals surface area (Å²) in [5.41, 5.74) is 7.91. The van der Waals surface area contributed by atoms with Crippen LogP contribution in [0.15, 0.2) is 114 Å². The Hall–Kier alpha value is -4.59. The molecular formula is C37H29NO4S2. The summed E-state index contributed by atoms with van der Waals surface area (Å²) in [5.74, 6) is 1.50. The molecule has 2 heterocycles. The number of carbonyl (C=O) groups is 1. The van der Waals surface area contributed by atoms with Gasteiger partial charge in [0.05, 0.1) is 17.2 Å². The largest absolute Gasteiger partial charge is 0.483 e. The number of thioether (sulfide) groups is 1. The maximum atomic E-state index is 11.8. The molecule has 5 nitrogen and oxygen atoms in total. The Morgan fingerprint density at radius 1 is 0.841 bits per heavy atom. The molecule has 7 rings (SSSR count). The average molecular weight is 616 g/mol. The number of aromatic nitrogens is 1. The highest BCUT2D eigenvalue weighted by Gasteiger charge is 2.25. The monoisotopic (exact) mass is 615 g/mol. The van der Waals surface area contributed by atoms with Crippen molar-refractivity contribution in [3.8, 4) is 45.0 Å². The summed E-state index contributed by atoms with van der Waals surface area (Å²) in [6, 6.07) is 38.1. The van der Waals surface area contributed by atoms with Crippen molar-refractivity contribution in [1.29, 1.82) is 0 Å². The zero-order chi connectivity index (χ0) is 29.9. The van der Waals surface area contributed by atoms with Crippen LogP contribution in [-0.4, -0.2) is 24.2 Å². The minimum Gasteiger partial charge on any atom is -0.483 e. The van der Waals surface area contributed by atoms with E-state index in [4.69, 9.17) is 19.2 Å². The maximum Gasteiger partial charge on any atom is 0.344 e. The van der Waals surface area contributed by atoms with E-state index in [1.165, 1.54) is 38.6 Å². The van der Waals surface area contributed by atoms with Crippen LogP contribution in [0, 0.1) is 0 Å². The highest BCUT2D eigenvalue weighted by Crippen LogP contribution is 2.46. The summed E-state index contributed by atoms with van der Waals surface area (Å²) >= 11 is 3.40. The molecule has 0 amide bonds. The van der Waals surface area contributed by atoms with Crippen LogP contribution in [0.3, 0.4) is 0 Å². The lowest BCUT2D eigenvalue weighted by molar-refractivity contribution is -0.145. The molecule has 0 unspecified atom stereocenters. The van der Waals surface area contributed by atoms with Crippen LogP contribution in [0.25, 0.3) is 44.3 Å². The molecule has 1 aliphatic rings. The van der Waals surface area contributed by atoms with Crippen molar-refractivity contribution in [1.82, 2.24) is 4.98 Å². The van der Waals surface area contributed by atoms with Gasteiger partial charge in [-0.25, -0.2) is 9.78 Å². The first-order valence-electron chi connectivity index (χ1n) is 14.5. The van der Waals surface area contributed by atoms with Crippen molar-refractivity contribution in [3.05, 3.63) is 120 Å². The molecule has 0 N–H and O–H groups in total.